The topological polar surface area (TPSA) is 21.3 Å². The first-order valence-corrected chi connectivity index (χ1v) is 6.73. The molecule has 1 N–H and O–H groups in total. The van der Waals surface area contributed by atoms with E-state index in [1.807, 2.05) is 0 Å². The minimum absolute atomic E-state index is 0.262. The maximum Gasteiger partial charge on any atom is 0.0977 e. The van der Waals surface area contributed by atoms with E-state index in [0.29, 0.717) is 31.4 Å². The first-order chi connectivity index (χ1) is 8.24. The molecule has 3 fully saturated rings. The molecule has 0 aromatic heterocycles. The third-order valence-corrected chi connectivity index (χ3v) is 4.96. The molecule has 2 nitrogen and oxygen atoms in total. The normalized spacial score (nSPS) is 35.3. The van der Waals surface area contributed by atoms with Crippen LogP contribution in [0.4, 0.5) is 8.78 Å². The van der Waals surface area contributed by atoms with Crippen molar-refractivity contribution in [2.24, 2.45) is 11.3 Å². The highest BCUT2D eigenvalue weighted by molar-refractivity contribution is 5.14. The molecule has 0 aromatic carbocycles. The average Bonchev–Trinajstić information content (AvgIpc) is 2.25. The molecule has 0 bridgehead atoms. The predicted octanol–water partition coefficient (Wildman–Crippen LogP) is 2.23. The van der Waals surface area contributed by atoms with Crippen LogP contribution in [0.3, 0.4) is 0 Å². The van der Waals surface area contributed by atoms with Gasteiger partial charge in [-0.3, -0.25) is 8.78 Å². The molecule has 1 spiro atoms. The molecule has 4 heteroatoms. The Balaban J connectivity index is 1.72. The summed E-state index contributed by atoms with van der Waals surface area (Å²) in [6.45, 7) is 0.455. The van der Waals surface area contributed by atoms with Crippen LogP contribution in [-0.4, -0.2) is 38.1 Å². The van der Waals surface area contributed by atoms with Crippen LogP contribution in [0.2, 0.25) is 0 Å². The monoisotopic (exact) mass is 245 g/mol. The largest absolute Gasteiger partial charge is 0.372 e. The van der Waals surface area contributed by atoms with E-state index in [2.05, 4.69) is 5.32 Å². The molecule has 3 rings (SSSR count). The molecular weight excluding hydrogens is 224 g/mol. The van der Waals surface area contributed by atoms with Crippen LogP contribution < -0.4 is 5.32 Å². The summed E-state index contributed by atoms with van der Waals surface area (Å²) in [7, 11) is 0. The van der Waals surface area contributed by atoms with Gasteiger partial charge in [0.1, 0.15) is 0 Å². The maximum absolute atomic E-state index is 12.9. The Hall–Kier alpha value is -0.220. The summed E-state index contributed by atoms with van der Waals surface area (Å²) in [5.41, 5.74) is -0.997. The lowest BCUT2D eigenvalue weighted by molar-refractivity contribution is -0.223. The second kappa shape index (κ2) is 4.16. The van der Waals surface area contributed by atoms with Crippen LogP contribution in [-0.2, 0) is 4.74 Å². The maximum atomic E-state index is 12.9. The molecule has 2 saturated carbocycles. The lowest BCUT2D eigenvalue weighted by atomic mass is 9.54. The van der Waals surface area contributed by atoms with Crippen LogP contribution in [0.1, 0.15) is 32.1 Å². The van der Waals surface area contributed by atoms with Crippen LogP contribution in [0.15, 0.2) is 0 Å². The summed E-state index contributed by atoms with van der Waals surface area (Å²) in [6, 6.07) is 0.330. The summed E-state index contributed by atoms with van der Waals surface area (Å²) in [6.07, 6.45) is 4.88. The Morgan fingerprint density at radius 1 is 1.18 bits per heavy atom. The molecule has 1 saturated heterocycles. The molecular formula is C13H21F2NO. The van der Waals surface area contributed by atoms with E-state index in [0.717, 1.165) is 6.54 Å². The second-order valence-electron chi connectivity index (χ2n) is 6.16. The standard InChI is InChI=1S/C13H21F2NO/c14-8-12(9-15)6-13(7-12)11(10-2-1-3-10)16-4-5-17-13/h10-11,16H,1-9H2. The fourth-order valence-electron chi connectivity index (χ4n) is 3.88. The van der Waals surface area contributed by atoms with E-state index in [9.17, 15) is 8.78 Å². The fraction of sp³-hybridized carbons (Fsp3) is 1.00. The molecule has 1 aliphatic heterocycles. The van der Waals surface area contributed by atoms with Gasteiger partial charge >= 0.3 is 0 Å². The van der Waals surface area contributed by atoms with Gasteiger partial charge in [0, 0.05) is 18.0 Å². The van der Waals surface area contributed by atoms with Gasteiger partial charge in [-0.15, -0.1) is 0 Å². The first kappa shape index (κ1) is 11.8. The lowest BCUT2D eigenvalue weighted by Gasteiger charge is -2.61. The average molecular weight is 245 g/mol. The molecule has 2 aliphatic carbocycles. The Bertz CT molecular complexity index is 281. The SMILES string of the molecule is FCC1(CF)CC2(C1)OCCNC2C1CCC1. The van der Waals surface area contributed by atoms with Crippen molar-refractivity contribution in [2.45, 2.75) is 43.7 Å². The van der Waals surface area contributed by atoms with E-state index in [1.165, 1.54) is 19.3 Å². The smallest absolute Gasteiger partial charge is 0.0977 e. The Morgan fingerprint density at radius 3 is 2.41 bits per heavy atom. The molecule has 17 heavy (non-hydrogen) atoms. The zero-order valence-corrected chi connectivity index (χ0v) is 10.2. The van der Waals surface area contributed by atoms with Crippen molar-refractivity contribution >= 4 is 0 Å². The van der Waals surface area contributed by atoms with Crippen LogP contribution in [0.5, 0.6) is 0 Å². The minimum Gasteiger partial charge on any atom is -0.372 e. The summed E-state index contributed by atoms with van der Waals surface area (Å²) in [5, 5.41) is 3.53. The molecule has 0 amide bonds. The van der Waals surface area contributed by atoms with E-state index in [4.69, 9.17) is 4.74 Å². The number of alkyl halides is 2. The van der Waals surface area contributed by atoms with E-state index in [-0.39, 0.29) is 5.60 Å². The summed E-state index contributed by atoms with van der Waals surface area (Å²) >= 11 is 0. The number of hydrogen-bond donors (Lipinski definition) is 1. The van der Waals surface area contributed by atoms with Gasteiger partial charge in [0.05, 0.1) is 25.6 Å². The van der Waals surface area contributed by atoms with E-state index in [1.54, 1.807) is 0 Å². The Morgan fingerprint density at radius 2 is 1.88 bits per heavy atom. The van der Waals surface area contributed by atoms with Gasteiger partial charge in [-0.2, -0.15) is 0 Å². The van der Waals surface area contributed by atoms with Gasteiger partial charge in [-0.1, -0.05) is 6.42 Å². The van der Waals surface area contributed by atoms with Gasteiger partial charge < -0.3 is 10.1 Å². The third-order valence-electron chi connectivity index (χ3n) is 4.96. The van der Waals surface area contributed by atoms with Crippen molar-refractivity contribution in [3.05, 3.63) is 0 Å². The fourth-order valence-corrected chi connectivity index (χ4v) is 3.88. The molecule has 0 radical (unpaired) electrons. The zero-order chi connectivity index (χ0) is 11.9. The number of hydrogen-bond acceptors (Lipinski definition) is 2. The number of ether oxygens (including phenoxy) is 1. The zero-order valence-electron chi connectivity index (χ0n) is 10.2. The van der Waals surface area contributed by atoms with Crippen molar-refractivity contribution in [2.75, 3.05) is 26.5 Å². The second-order valence-corrected chi connectivity index (χ2v) is 6.16. The van der Waals surface area contributed by atoms with Crippen LogP contribution >= 0.6 is 0 Å². The highest BCUT2D eigenvalue weighted by Crippen LogP contribution is 2.56. The number of morpholine rings is 1. The van der Waals surface area contributed by atoms with Gasteiger partial charge in [-0.05, 0) is 31.6 Å². The number of nitrogens with one attached hydrogen (secondary N) is 1. The molecule has 1 unspecified atom stereocenters. The van der Waals surface area contributed by atoms with E-state index < -0.39 is 18.8 Å². The summed E-state index contributed by atoms with van der Waals surface area (Å²) < 4.78 is 31.8. The minimum atomic E-state index is -0.735. The summed E-state index contributed by atoms with van der Waals surface area (Å²) in [4.78, 5) is 0. The van der Waals surface area contributed by atoms with E-state index >= 15 is 0 Å². The first-order valence-electron chi connectivity index (χ1n) is 6.73. The van der Waals surface area contributed by atoms with Crippen molar-refractivity contribution < 1.29 is 13.5 Å². The van der Waals surface area contributed by atoms with Crippen LogP contribution in [0, 0.1) is 11.3 Å². The van der Waals surface area contributed by atoms with Crippen molar-refractivity contribution in [1.29, 1.82) is 0 Å². The molecule has 0 aromatic rings. The molecule has 98 valence electrons. The quantitative estimate of drug-likeness (QED) is 0.823. The van der Waals surface area contributed by atoms with Gasteiger partial charge in [0.15, 0.2) is 0 Å². The van der Waals surface area contributed by atoms with Crippen molar-refractivity contribution in [3.63, 3.8) is 0 Å². The molecule has 1 atom stereocenters. The molecule has 3 aliphatic rings. The number of rotatable bonds is 3. The van der Waals surface area contributed by atoms with Crippen molar-refractivity contribution in [3.8, 4) is 0 Å². The highest BCUT2D eigenvalue weighted by atomic mass is 19.1. The predicted molar refractivity (Wildman–Crippen MR) is 61.4 cm³/mol. The van der Waals surface area contributed by atoms with Gasteiger partial charge in [0.2, 0.25) is 0 Å². The van der Waals surface area contributed by atoms with Crippen LogP contribution in [0.25, 0.3) is 0 Å². The summed E-state index contributed by atoms with van der Waals surface area (Å²) in [5.74, 6) is 0.660. The van der Waals surface area contributed by atoms with Gasteiger partial charge in [-0.25, -0.2) is 0 Å². The lowest BCUT2D eigenvalue weighted by Crippen LogP contribution is -2.70. The van der Waals surface area contributed by atoms with Gasteiger partial charge in [0.25, 0.3) is 0 Å². The Labute approximate surface area is 101 Å². The highest BCUT2D eigenvalue weighted by Gasteiger charge is 2.61. The molecule has 1 heterocycles. The number of halogens is 2. The van der Waals surface area contributed by atoms with Crippen molar-refractivity contribution in [1.82, 2.24) is 5.32 Å². The third kappa shape index (κ3) is 1.72. The Kier molecular flexibility index (Phi) is 2.90.